The standard InChI is InChI=1S/C11H19N3O4/c1-7(2-5-10(16)17)13-11(18)12-6-9(15)14-8-3-4-8/h7-8H,2-6H2,1H3,(H,14,15)(H,16,17)(H2,12,13,18). The van der Waals surface area contributed by atoms with Crippen LogP contribution < -0.4 is 16.0 Å². The van der Waals surface area contributed by atoms with Crippen molar-refractivity contribution >= 4 is 17.9 Å². The van der Waals surface area contributed by atoms with E-state index in [2.05, 4.69) is 16.0 Å². The summed E-state index contributed by atoms with van der Waals surface area (Å²) in [7, 11) is 0. The first-order chi connectivity index (χ1) is 8.47. The van der Waals surface area contributed by atoms with Gasteiger partial charge in [-0.3, -0.25) is 9.59 Å². The molecule has 0 aliphatic heterocycles. The van der Waals surface area contributed by atoms with Crippen molar-refractivity contribution < 1.29 is 19.5 Å². The van der Waals surface area contributed by atoms with Crippen LogP contribution in [0.25, 0.3) is 0 Å². The fourth-order valence-corrected chi connectivity index (χ4v) is 1.35. The second-order valence-electron chi connectivity index (χ2n) is 4.50. The lowest BCUT2D eigenvalue weighted by Gasteiger charge is -2.13. The van der Waals surface area contributed by atoms with Gasteiger partial charge in [0.05, 0.1) is 6.54 Å². The number of aliphatic carboxylic acids is 1. The Morgan fingerprint density at radius 2 is 2.00 bits per heavy atom. The lowest BCUT2D eigenvalue weighted by Crippen LogP contribution is -2.45. The Balaban J connectivity index is 2.08. The second-order valence-corrected chi connectivity index (χ2v) is 4.50. The van der Waals surface area contributed by atoms with Crippen LogP contribution in [0.2, 0.25) is 0 Å². The number of amides is 3. The number of hydrogen-bond acceptors (Lipinski definition) is 3. The van der Waals surface area contributed by atoms with Gasteiger partial charge >= 0.3 is 12.0 Å². The number of nitrogens with one attached hydrogen (secondary N) is 3. The Morgan fingerprint density at radius 1 is 1.33 bits per heavy atom. The highest BCUT2D eigenvalue weighted by atomic mass is 16.4. The number of carbonyl (C=O) groups excluding carboxylic acids is 2. The molecule has 0 radical (unpaired) electrons. The third-order valence-electron chi connectivity index (χ3n) is 2.52. The fourth-order valence-electron chi connectivity index (χ4n) is 1.35. The number of carbonyl (C=O) groups is 3. The molecule has 4 N–H and O–H groups in total. The van der Waals surface area contributed by atoms with E-state index in [4.69, 9.17) is 5.11 Å². The van der Waals surface area contributed by atoms with E-state index in [9.17, 15) is 14.4 Å². The molecule has 7 nitrogen and oxygen atoms in total. The van der Waals surface area contributed by atoms with Crippen LogP contribution in [0.4, 0.5) is 4.79 Å². The molecule has 0 aromatic carbocycles. The molecule has 0 saturated heterocycles. The van der Waals surface area contributed by atoms with Crippen LogP contribution in [-0.4, -0.2) is 41.6 Å². The zero-order valence-corrected chi connectivity index (χ0v) is 10.4. The van der Waals surface area contributed by atoms with Gasteiger partial charge in [-0.15, -0.1) is 0 Å². The summed E-state index contributed by atoms with van der Waals surface area (Å²) in [5, 5.41) is 16.2. The van der Waals surface area contributed by atoms with E-state index in [0.717, 1.165) is 12.8 Å². The molecule has 0 aromatic heterocycles. The van der Waals surface area contributed by atoms with Crippen molar-refractivity contribution in [3.63, 3.8) is 0 Å². The molecule has 1 aliphatic rings. The zero-order valence-electron chi connectivity index (χ0n) is 10.4. The van der Waals surface area contributed by atoms with Crippen molar-refractivity contribution in [1.82, 2.24) is 16.0 Å². The van der Waals surface area contributed by atoms with E-state index in [0.29, 0.717) is 6.42 Å². The van der Waals surface area contributed by atoms with Crippen LogP contribution in [0, 0.1) is 0 Å². The first kappa shape index (κ1) is 14.3. The molecule has 0 aromatic rings. The first-order valence-electron chi connectivity index (χ1n) is 6.03. The molecular weight excluding hydrogens is 238 g/mol. The predicted octanol–water partition coefficient (Wildman–Crippen LogP) is -0.182. The van der Waals surface area contributed by atoms with E-state index in [1.165, 1.54) is 0 Å². The molecule has 1 saturated carbocycles. The average Bonchev–Trinajstić information content (AvgIpc) is 3.07. The number of carboxylic acid groups (broad SMARTS) is 1. The smallest absolute Gasteiger partial charge is 0.315 e. The normalized spacial score (nSPS) is 15.6. The zero-order chi connectivity index (χ0) is 13.5. The van der Waals surface area contributed by atoms with Gasteiger partial charge in [0, 0.05) is 18.5 Å². The maximum absolute atomic E-state index is 11.4. The summed E-state index contributed by atoms with van der Waals surface area (Å²) in [5.41, 5.74) is 0. The van der Waals surface area contributed by atoms with Gasteiger partial charge in [0.2, 0.25) is 5.91 Å². The minimum Gasteiger partial charge on any atom is -0.481 e. The highest BCUT2D eigenvalue weighted by molar-refractivity contribution is 5.84. The Labute approximate surface area is 105 Å². The Kier molecular flexibility index (Phi) is 5.41. The summed E-state index contributed by atoms with van der Waals surface area (Å²) >= 11 is 0. The predicted molar refractivity (Wildman–Crippen MR) is 64.0 cm³/mol. The molecule has 1 aliphatic carbocycles. The quantitative estimate of drug-likeness (QED) is 0.507. The summed E-state index contributed by atoms with van der Waals surface area (Å²) in [4.78, 5) is 33.0. The average molecular weight is 257 g/mol. The number of carboxylic acids is 1. The maximum atomic E-state index is 11.4. The Morgan fingerprint density at radius 3 is 2.56 bits per heavy atom. The van der Waals surface area contributed by atoms with Gasteiger partial charge in [0.25, 0.3) is 0 Å². The van der Waals surface area contributed by atoms with E-state index >= 15 is 0 Å². The molecule has 0 heterocycles. The largest absolute Gasteiger partial charge is 0.481 e. The van der Waals surface area contributed by atoms with Gasteiger partial charge in [-0.25, -0.2) is 4.79 Å². The Bertz CT molecular complexity index is 328. The number of rotatable bonds is 7. The first-order valence-corrected chi connectivity index (χ1v) is 6.03. The molecule has 0 spiro atoms. The monoisotopic (exact) mass is 257 g/mol. The van der Waals surface area contributed by atoms with E-state index in [-0.39, 0.29) is 31.0 Å². The van der Waals surface area contributed by atoms with Gasteiger partial charge in [0.15, 0.2) is 0 Å². The van der Waals surface area contributed by atoms with Crippen molar-refractivity contribution in [3.05, 3.63) is 0 Å². The topological polar surface area (TPSA) is 108 Å². The summed E-state index contributed by atoms with van der Waals surface area (Å²) in [5.74, 6) is -1.10. The van der Waals surface area contributed by atoms with E-state index < -0.39 is 12.0 Å². The number of urea groups is 1. The van der Waals surface area contributed by atoms with E-state index in [1.807, 2.05) is 0 Å². The molecule has 3 amide bonds. The molecule has 7 heteroatoms. The molecule has 1 atom stereocenters. The Hall–Kier alpha value is -1.79. The molecule has 18 heavy (non-hydrogen) atoms. The second kappa shape index (κ2) is 6.83. The van der Waals surface area contributed by atoms with Gasteiger partial charge < -0.3 is 21.1 Å². The van der Waals surface area contributed by atoms with Crippen LogP contribution >= 0.6 is 0 Å². The lowest BCUT2D eigenvalue weighted by molar-refractivity contribution is -0.137. The summed E-state index contributed by atoms with van der Waals surface area (Å²) in [6.07, 6.45) is 2.37. The highest BCUT2D eigenvalue weighted by Crippen LogP contribution is 2.18. The molecule has 1 fully saturated rings. The number of hydrogen-bond donors (Lipinski definition) is 4. The van der Waals surface area contributed by atoms with Crippen molar-refractivity contribution in [2.45, 2.75) is 44.7 Å². The molecule has 1 rings (SSSR count). The minimum atomic E-state index is -0.895. The molecular formula is C11H19N3O4. The molecule has 0 bridgehead atoms. The molecule has 102 valence electrons. The third kappa shape index (κ3) is 6.72. The van der Waals surface area contributed by atoms with Crippen molar-refractivity contribution in [2.75, 3.05) is 6.54 Å². The molecule has 1 unspecified atom stereocenters. The minimum absolute atomic E-state index is 0.00358. The lowest BCUT2D eigenvalue weighted by atomic mass is 10.2. The van der Waals surface area contributed by atoms with Crippen molar-refractivity contribution in [1.29, 1.82) is 0 Å². The SMILES string of the molecule is CC(CCC(=O)O)NC(=O)NCC(=O)NC1CC1. The van der Waals surface area contributed by atoms with Crippen molar-refractivity contribution in [2.24, 2.45) is 0 Å². The van der Waals surface area contributed by atoms with Crippen LogP contribution in [0.15, 0.2) is 0 Å². The van der Waals surface area contributed by atoms with Gasteiger partial charge in [-0.05, 0) is 26.2 Å². The van der Waals surface area contributed by atoms with Gasteiger partial charge in [-0.2, -0.15) is 0 Å². The summed E-state index contributed by atoms with van der Waals surface area (Å²) < 4.78 is 0. The van der Waals surface area contributed by atoms with Gasteiger partial charge in [0.1, 0.15) is 0 Å². The highest BCUT2D eigenvalue weighted by Gasteiger charge is 2.23. The van der Waals surface area contributed by atoms with Crippen molar-refractivity contribution in [3.8, 4) is 0 Å². The van der Waals surface area contributed by atoms with Crippen LogP contribution in [0.3, 0.4) is 0 Å². The van der Waals surface area contributed by atoms with E-state index in [1.54, 1.807) is 6.92 Å². The summed E-state index contributed by atoms with van der Waals surface area (Å²) in [6.45, 7) is 1.65. The van der Waals surface area contributed by atoms with Crippen LogP contribution in [0.1, 0.15) is 32.6 Å². The maximum Gasteiger partial charge on any atom is 0.315 e. The third-order valence-corrected chi connectivity index (χ3v) is 2.52. The van der Waals surface area contributed by atoms with Crippen LogP contribution in [-0.2, 0) is 9.59 Å². The van der Waals surface area contributed by atoms with Gasteiger partial charge in [-0.1, -0.05) is 0 Å². The van der Waals surface area contributed by atoms with Crippen LogP contribution in [0.5, 0.6) is 0 Å². The fraction of sp³-hybridized carbons (Fsp3) is 0.727. The summed E-state index contributed by atoms with van der Waals surface area (Å²) in [6, 6.07) is -0.428.